The average molecular weight is 216 g/mol. The molecule has 2 N–H and O–H groups in total. The van der Waals surface area contributed by atoms with Gasteiger partial charge in [-0.2, -0.15) is 5.10 Å². The molecule has 2 rings (SSSR count). The monoisotopic (exact) mass is 216 g/mol. The first-order chi connectivity index (χ1) is 6.42. The van der Waals surface area contributed by atoms with Crippen molar-refractivity contribution in [3.63, 3.8) is 0 Å². The third-order valence-electron chi connectivity index (χ3n) is 1.92. The van der Waals surface area contributed by atoms with Gasteiger partial charge >= 0.3 is 0 Å². The molecule has 2 atom stereocenters. The molecule has 0 saturated carbocycles. The predicted molar refractivity (Wildman–Crippen MR) is 61.2 cm³/mol. The largest absolute Gasteiger partial charge is 0.487 e. The van der Waals surface area contributed by atoms with Gasteiger partial charge in [0.15, 0.2) is 6.10 Å². The first-order valence-electron chi connectivity index (χ1n) is 4.18. The molecule has 13 heavy (non-hydrogen) atoms. The molecular formula is C8H12N2OS2. The lowest BCUT2D eigenvalue weighted by atomic mass is 10.3. The molecule has 1 fully saturated rings. The van der Waals surface area contributed by atoms with E-state index >= 15 is 0 Å². The van der Waals surface area contributed by atoms with Crippen LogP contribution in [0.25, 0.3) is 0 Å². The van der Waals surface area contributed by atoms with Gasteiger partial charge in [-0.25, -0.2) is 0 Å². The second kappa shape index (κ2) is 4.19. The van der Waals surface area contributed by atoms with E-state index in [1.807, 2.05) is 10.8 Å². The van der Waals surface area contributed by atoms with Crippen LogP contribution in [-0.4, -0.2) is 28.7 Å². The molecule has 2 aliphatic rings. The zero-order valence-electron chi connectivity index (χ0n) is 7.18. The van der Waals surface area contributed by atoms with Gasteiger partial charge < -0.3 is 10.6 Å². The van der Waals surface area contributed by atoms with Crippen LogP contribution in [0.4, 0.5) is 0 Å². The summed E-state index contributed by atoms with van der Waals surface area (Å²) < 4.78 is 5.37. The van der Waals surface area contributed by atoms with Gasteiger partial charge in [-0.15, -0.1) is 20.3 Å². The summed E-state index contributed by atoms with van der Waals surface area (Å²) in [5.41, 5.74) is 0. The van der Waals surface area contributed by atoms with Crippen LogP contribution in [0.15, 0.2) is 17.4 Å². The summed E-state index contributed by atoms with van der Waals surface area (Å²) in [6, 6.07) is 0. The van der Waals surface area contributed by atoms with Gasteiger partial charge in [0.1, 0.15) is 0 Å². The summed E-state index contributed by atoms with van der Waals surface area (Å²) in [7, 11) is 2.37. The lowest BCUT2D eigenvalue weighted by molar-refractivity contribution is 0.276. The molecule has 1 saturated heterocycles. The topological polar surface area (TPSA) is 47.6 Å². The van der Waals surface area contributed by atoms with Crippen molar-refractivity contribution in [2.24, 2.45) is 10.9 Å². The quantitative estimate of drug-likeness (QED) is 0.236. The van der Waals surface area contributed by atoms with Gasteiger partial charge in [-0.3, -0.25) is 0 Å². The Hall–Kier alpha value is -0.420. The van der Waals surface area contributed by atoms with E-state index in [0.717, 1.165) is 0 Å². The molecule has 2 heterocycles. The van der Waals surface area contributed by atoms with E-state index in [1.54, 1.807) is 12.5 Å². The van der Waals surface area contributed by atoms with Crippen LogP contribution in [0.5, 0.6) is 0 Å². The van der Waals surface area contributed by atoms with Crippen molar-refractivity contribution in [3.8, 4) is 0 Å². The zero-order chi connectivity index (χ0) is 9.10. The highest BCUT2D eigenvalue weighted by atomic mass is 33.1. The number of nitrogens with two attached hydrogens (primary N) is 1. The normalized spacial score (nSPS) is 35.8. The van der Waals surface area contributed by atoms with E-state index in [1.165, 1.54) is 22.8 Å². The van der Waals surface area contributed by atoms with E-state index in [-0.39, 0.29) is 6.10 Å². The van der Waals surface area contributed by atoms with E-state index < -0.39 is 0 Å². The minimum Gasteiger partial charge on any atom is -0.487 e. The minimum atomic E-state index is -0.000988. The minimum absolute atomic E-state index is 0.000988. The van der Waals surface area contributed by atoms with Crippen LogP contribution in [0.2, 0.25) is 0 Å². The van der Waals surface area contributed by atoms with Crippen LogP contribution in [0.3, 0.4) is 0 Å². The van der Waals surface area contributed by atoms with Gasteiger partial charge in [0, 0.05) is 10.6 Å². The van der Waals surface area contributed by atoms with Crippen molar-refractivity contribution in [1.29, 1.82) is 0 Å². The second-order valence-corrected chi connectivity index (χ2v) is 6.91. The molecular weight excluding hydrogens is 204 g/mol. The van der Waals surface area contributed by atoms with Gasteiger partial charge in [0.2, 0.25) is 0 Å². The summed E-state index contributed by atoms with van der Waals surface area (Å²) in [4.78, 5) is 1.34. The number of hydrogen-bond acceptors (Lipinski definition) is 4. The number of hydrazone groups is 1. The Morgan fingerprint density at radius 3 is 3.38 bits per heavy atom. The Balaban J connectivity index is 2.20. The predicted octanol–water partition coefficient (Wildman–Crippen LogP) is 1.34. The van der Waals surface area contributed by atoms with Gasteiger partial charge in [-0.1, -0.05) is 0 Å². The summed E-state index contributed by atoms with van der Waals surface area (Å²) in [6.45, 7) is 0. The van der Waals surface area contributed by atoms with Crippen LogP contribution in [-0.2, 0) is 4.74 Å². The molecule has 0 bridgehead atoms. The SMILES string of the molecule is N/N=C/C1OC=CC1=S1CCCS1. The Morgan fingerprint density at radius 1 is 1.77 bits per heavy atom. The summed E-state index contributed by atoms with van der Waals surface area (Å²) in [6.07, 6.45) is 6.79. The first kappa shape index (κ1) is 9.15. The van der Waals surface area contributed by atoms with E-state index in [2.05, 4.69) is 11.2 Å². The average Bonchev–Trinajstić information content (AvgIpc) is 2.71. The molecule has 72 valence electrons. The Bertz CT molecular complexity index is 278. The lowest BCUT2D eigenvalue weighted by Gasteiger charge is -2.08. The smallest absolute Gasteiger partial charge is 0.166 e. The standard InChI is InChI=1S/C8H12N2OS2/c9-10-6-7-8(2-3-11-7)13-5-1-4-12-13/h2-3,6-7H,1,4-5,9H2/b10-6+. The van der Waals surface area contributed by atoms with Gasteiger partial charge in [-0.05, 0) is 18.2 Å². The summed E-state index contributed by atoms with van der Waals surface area (Å²) >= 11 is 0. The highest BCUT2D eigenvalue weighted by Crippen LogP contribution is 2.41. The number of rotatable bonds is 1. The molecule has 0 aromatic heterocycles. The maximum atomic E-state index is 5.37. The van der Waals surface area contributed by atoms with Crippen LogP contribution in [0, 0.1) is 0 Å². The van der Waals surface area contributed by atoms with E-state index in [4.69, 9.17) is 10.6 Å². The van der Waals surface area contributed by atoms with Crippen molar-refractivity contribution >= 4 is 31.4 Å². The van der Waals surface area contributed by atoms with Crippen molar-refractivity contribution in [1.82, 2.24) is 0 Å². The second-order valence-electron chi connectivity index (χ2n) is 2.79. The highest BCUT2D eigenvalue weighted by molar-refractivity contribution is 8.84. The van der Waals surface area contributed by atoms with E-state index in [9.17, 15) is 0 Å². The fourth-order valence-corrected chi connectivity index (χ4v) is 5.99. The zero-order valence-corrected chi connectivity index (χ0v) is 8.81. The third-order valence-corrected chi connectivity index (χ3v) is 6.65. The number of nitrogens with zero attached hydrogens (tertiary/aromatic N) is 1. The third kappa shape index (κ3) is 1.91. The fraction of sp³-hybridized carbons (Fsp3) is 0.500. The van der Waals surface area contributed by atoms with Crippen molar-refractivity contribution in [3.05, 3.63) is 12.3 Å². The molecule has 3 nitrogen and oxygen atoms in total. The molecule has 2 unspecified atom stereocenters. The molecule has 2 aliphatic heterocycles. The number of ether oxygens (including phenoxy) is 1. The molecule has 0 amide bonds. The molecule has 5 heteroatoms. The van der Waals surface area contributed by atoms with Gasteiger partial charge in [0.05, 0.1) is 12.5 Å². The van der Waals surface area contributed by atoms with Crippen LogP contribution in [0.1, 0.15) is 6.42 Å². The summed E-state index contributed by atoms with van der Waals surface area (Å²) in [5.74, 6) is 7.66. The maximum absolute atomic E-state index is 5.37. The summed E-state index contributed by atoms with van der Waals surface area (Å²) in [5, 5.41) is 3.52. The first-order valence-corrected chi connectivity index (χ1v) is 7.08. The van der Waals surface area contributed by atoms with E-state index in [0.29, 0.717) is 9.52 Å². The molecule has 0 radical (unpaired) electrons. The molecule has 0 aromatic rings. The molecule has 0 spiro atoms. The maximum Gasteiger partial charge on any atom is 0.166 e. The molecule has 0 aliphatic carbocycles. The van der Waals surface area contributed by atoms with Crippen molar-refractivity contribution < 1.29 is 4.74 Å². The Labute approximate surface area is 83.7 Å². The van der Waals surface area contributed by atoms with Crippen LogP contribution >= 0.6 is 20.3 Å². The number of hydrogen-bond donors (Lipinski definition) is 1. The fourth-order valence-electron chi connectivity index (χ4n) is 1.34. The van der Waals surface area contributed by atoms with Crippen molar-refractivity contribution in [2.75, 3.05) is 11.5 Å². The van der Waals surface area contributed by atoms with Gasteiger partial charge in [0.25, 0.3) is 0 Å². The Morgan fingerprint density at radius 2 is 2.69 bits per heavy atom. The Kier molecular flexibility index (Phi) is 2.95. The molecule has 0 aromatic carbocycles. The highest BCUT2D eigenvalue weighted by Gasteiger charge is 2.21. The van der Waals surface area contributed by atoms with Crippen molar-refractivity contribution in [2.45, 2.75) is 12.5 Å². The van der Waals surface area contributed by atoms with Crippen LogP contribution < -0.4 is 5.84 Å². The lowest BCUT2D eigenvalue weighted by Crippen LogP contribution is -2.18.